The van der Waals surface area contributed by atoms with Gasteiger partial charge in [0.25, 0.3) is 0 Å². The van der Waals surface area contributed by atoms with Crippen LogP contribution in [0.4, 0.5) is 10.2 Å². The number of hydrogen-bond donors (Lipinski definition) is 1. The van der Waals surface area contributed by atoms with Gasteiger partial charge in [-0.05, 0) is 73.4 Å². The summed E-state index contributed by atoms with van der Waals surface area (Å²) in [7, 11) is 0. The van der Waals surface area contributed by atoms with E-state index in [1.54, 1.807) is 24.4 Å². The second-order valence-corrected chi connectivity index (χ2v) is 8.51. The number of carbonyl (C=O) groups is 1. The van der Waals surface area contributed by atoms with Gasteiger partial charge in [0, 0.05) is 17.5 Å². The van der Waals surface area contributed by atoms with Crippen LogP contribution in [0.3, 0.4) is 0 Å². The molecule has 0 aliphatic heterocycles. The number of anilines is 1. The SMILES string of the molecule is CCC(C(=O)Nc1ccc(C#N)nn1)[C@H]1[C@@H]2C[C@@H](Oc3ccnc4ccc(F)cc34)C[C@@H]21. The molecule has 2 fully saturated rings. The Balaban J connectivity index is 1.21. The number of fused-ring (bicyclic) bond motifs is 2. The zero-order valence-corrected chi connectivity index (χ0v) is 17.5. The first-order chi connectivity index (χ1) is 15.6. The number of halogens is 1. The number of carbonyl (C=O) groups excluding carboxylic acids is 1. The lowest BCUT2D eigenvalue weighted by Crippen LogP contribution is -2.27. The topological polar surface area (TPSA) is 101 Å². The average molecular weight is 431 g/mol. The summed E-state index contributed by atoms with van der Waals surface area (Å²) >= 11 is 0. The Bertz CT molecular complexity index is 1200. The number of aromatic nitrogens is 3. The number of nitrogens with one attached hydrogen (secondary N) is 1. The molecular formula is C24H22FN5O2. The second-order valence-electron chi connectivity index (χ2n) is 8.51. The van der Waals surface area contributed by atoms with Crippen LogP contribution in [0.2, 0.25) is 0 Å². The lowest BCUT2D eigenvalue weighted by atomic mass is 9.93. The minimum Gasteiger partial charge on any atom is -0.490 e. The van der Waals surface area contributed by atoms with Gasteiger partial charge in [0.1, 0.15) is 17.6 Å². The molecule has 0 spiro atoms. The standard InChI is InChI=1S/C24H22FN5O2/c1-2-16(24(31)28-22-6-4-14(12-26)29-30-22)23-17-10-15(11-18(17)23)32-21-7-8-27-20-5-3-13(25)9-19(20)21/h3-9,15-18,23H,2,10-11H2,1H3,(H,28,30,31)/t15-,16?,17-,18+,23+. The molecule has 5 atom stereocenters. The van der Waals surface area contributed by atoms with Crippen molar-refractivity contribution in [3.63, 3.8) is 0 Å². The van der Waals surface area contributed by atoms with Crippen LogP contribution in [0.15, 0.2) is 42.6 Å². The van der Waals surface area contributed by atoms with Crippen molar-refractivity contribution in [1.29, 1.82) is 5.26 Å². The molecule has 0 bridgehead atoms. The van der Waals surface area contributed by atoms with Gasteiger partial charge in [-0.2, -0.15) is 5.26 Å². The summed E-state index contributed by atoms with van der Waals surface area (Å²) in [6.45, 7) is 2.02. The highest BCUT2D eigenvalue weighted by molar-refractivity contribution is 5.92. The Morgan fingerprint density at radius 1 is 1.25 bits per heavy atom. The molecule has 5 rings (SSSR count). The van der Waals surface area contributed by atoms with E-state index in [2.05, 4.69) is 20.5 Å². The first-order valence-electron chi connectivity index (χ1n) is 10.8. The maximum atomic E-state index is 13.7. The van der Waals surface area contributed by atoms with Gasteiger partial charge in [0.2, 0.25) is 5.91 Å². The predicted octanol–water partition coefficient (Wildman–Crippen LogP) is 4.10. The van der Waals surface area contributed by atoms with Crippen LogP contribution >= 0.6 is 0 Å². The van der Waals surface area contributed by atoms with E-state index >= 15 is 0 Å². The fourth-order valence-electron chi connectivity index (χ4n) is 5.22. The lowest BCUT2D eigenvalue weighted by Gasteiger charge is -2.21. The number of benzene rings is 1. The third kappa shape index (κ3) is 3.75. The lowest BCUT2D eigenvalue weighted by molar-refractivity contribution is -0.121. The predicted molar refractivity (Wildman–Crippen MR) is 115 cm³/mol. The first-order valence-corrected chi connectivity index (χ1v) is 10.8. The van der Waals surface area contributed by atoms with Crippen molar-refractivity contribution in [2.24, 2.45) is 23.7 Å². The molecule has 0 saturated heterocycles. The number of pyridine rings is 1. The highest BCUT2D eigenvalue weighted by atomic mass is 19.1. The largest absolute Gasteiger partial charge is 0.490 e. The van der Waals surface area contributed by atoms with Gasteiger partial charge in [-0.1, -0.05) is 6.92 Å². The van der Waals surface area contributed by atoms with Crippen LogP contribution in [-0.2, 0) is 4.79 Å². The Morgan fingerprint density at radius 2 is 2.06 bits per heavy atom. The van der Waals surface area contributed by atoms with Gasteiger partial charge < -0.3 is 10.1 Å². The fraction of sp³-hybridized carbons (Fsp3) is 0.375. The molecule has 1 aromatic carbocycles. The number of nitrogens with zero attached hydrogens (tertiary/aromatic N) is 4. The summed E-state index contributed by atoms with van der Waals surface area (Å²) in [5, 5.41) is 20.0. The minimum atomic E-state index is -0.312. The molecule has 3 aromatic rings. The number of rotatable bonds is 6. The smallest absolute Gasteiger partial charge is 0.228 e. The average Bonchev–Trinajstić information content (AvgIpc) is 3.27. The van der Waals surface area contributed by atoms with E-state index in [4.69, 9.17) is 10.00 Å². The maximum Gasteiger partial charge on any atom is 0.228 e. The molecule has 0 radical (unpaired) electrons. The van der Waals surface area contributed by atoms with Crippen molar-refractivity contribution < 1.29 is 13.9 Å². The number of ether oxygens (including phenoxy) is 1. The molecule has 2 saturated carbocycles. The van der Waals surface area contributed by atoms with E-state index in [0.717, 1.165) is 19.3 Å². The van der Waals surface area contributed by atoms with Crippen LogP contribution in [-0.4, -0.2) is 27.2 Å². The van der Waals surface area contributed by atoms with Gasteiger partial charge in [0.05, 0.1) is 11.6 Å². The zero-order valence-electron chi connectivity index (χ0n) is 17.5. The quantitative estimate of drug-likeness (QED) is 0.631. The summed E-state index contributed by atoms with van der Waals surface area (Å²) in [5.41, 5.74) is 0.918. The van der Waals surface area contributed by atoms with Crippen molar-refractivity contribution >= 4 is 22.6 Å². The van der Waals surface area contributed by atoms with Crippen LogP contribution < -0.4 is 10.1 Å². The number of nitriles is 1. The Labute approximate surface area is 184 Å². The highest BCUT2D eigenvalue weighted by Gasteiger charge is 2.60. The second kappa shape index (κ2) is 8.15. The highest BCUT2D eigenvalue weighted by Crippen LogP contribution is 2.62. The summed E-state index contributed by atoms with van der Waals surface area (Å²) in [4.78, 5) is 17.1. The van der Waals surface area contributed by atoms with Gasteiger partial charge in [0.15, 0.2) is 11.5 Å². The number of hydrogen-bond acceptors (Lipinski definition) is 6. The molecular weight excluding hydrogens is 409 g/mol. The van der Waals surface area contributed by atoms with Crippen LogP contribution in [0, 0.1) is 40.8 Å². The van der Waals surface area contributed by atoms with Crippen LogP contribution in [0.5, 0.6) is 5.75 Å². The van der Waals surface area contributed by atoms with Crippen LogP contribution in [0.1, 0.15) is 31.9 Å². The first kappa shape index (κ1) is 20.3. The van der Waals surface area contributed by atoms with Crippen LogP contribution in [0.25, 0.3) is 10.9 Å². The van der Waals surface area contributed by atoms with E-state index in [1.807, 2.05) is 13.0 Å². The van der Waals surface area contributed by atoms with Crippen molar-refractivity contribution in [3.05, 3.63) is 54.1 Å². The van der Waals surface area contributed by atoms with E-state index in [9.17, 15) is 9.18 Å². The van der Waals surface area contributed by atoms with E-state index in [1.165, 1.54) is 18.2 Å². The van der Waals surface area contributed by atoms with Crippen molar-refractivity contribution in [2.75, 3.05) is 5.32 Å². The molecule has 2 aliphatic rings. The van der Waals surface area contributed by atoms with Crippen molar-refractivity contribution in [3.8, 4) is 11.8 Å². The molecule has 1 N–H and O–H groups in total. The van der Waals surface area contributed by atoms with Crippen molar-refractivity contribution in [2.45, 2.75) is 32.3 Å². The van der Waals surface area contributed by atoms with Gasteiger partial charge >= 0.3 is 0 Å². The van der Waals surface area contributed by atoms with Gasteiger partial charge in [-0.25, -0.2) is 4.39 Å². The fourth-order valence-corrected chi connectivity index (χ4v) is 5.22. The summed E-state index contributed by atoms with van der Waals surface area (Å²) in [6, 6.07) is 11.3. The van der Waals surface area contributed by atoms with E-state index in [0.29, 0.717) is 40.2 Å². The monoisotopic (exact) mass is 431 g/mol. The molecule has 162 valence electrons. The van der Waals surface area contributed by atoms with E-state index in [-0.39, 0.29) is 29.4 Å². The molecule has 32 heavy (non-hydrogen) atoms. The molecule has 7 nitrogen and oxygen atoms in total. The third-order valence-electron chi connectivity index (χ3n) is 6.70. The summed E-state index contributed by atoms with van der Waals surface area (Å²) in [5.74, 6) is 1.78. The Morgan fingerprint density at radius 3 is 2.75 bits per heavy atom. The molecule has 8 heteroatoms. The van der Waals surface area contributed by atoms with E-state index < -0.39 is 0 Å². The van der Waals surface area contributed by atoms with Gasteiger partial charge in [-0.3, -0.25) is 9.78 Å². The summed E-state index contributed by atoms with van der Waals surface area (Å²) < 4.78 is 19.9. The molecule has 1 unspecified atom stereocenters. The molecule has 1 amide bonds. The van der Waals surface area contributed by atoms with Crippen molar-refractivity contribution in [1.82, 2.24) is 15.2 Å². The zero-order chi connectivity index (χ0) is 22.2. The Kier molecular flexibility index (Phi) is 5.17. The third-order valence-corrected chi connectivity index (χ3v) is 6.70. The maximum absolute atomic E-state index is 13.7. The summed E-state index contributed by atoms with van der Waals surface area (Å²) in [6.07, 6.45) is 4.24. The minimum absolute atomic E-state index is 0.0556. The Hall–Kier alpha value is -3.60. The molecule has 2 heterocycles. The number of amides is 1. The normalized spacial score (nSPS) is 24.4. The molecule has 2 aliphatic carbocycles. The molecule has 2 aromatic heterocycles. The van der Waals surface area contributed by atoms with Gasteiger partial charge in [-0.15, -0.1) is 10.2 Å².